The van der Waals surface area contributed by atoms with Crippen molar-refractivity contribution < 1.29 is 4.42 Å². The van der Waals surface area contributed by atoms with Crippen molar-refractivity contribution in [3.05, 3.63) is 36.0 Å². The minimum absolute atomic E-state index is 0.491. The molecule has 3 rings (SSSR count). The van der Waals surface area contributed by atoms with E-state index in [0.29, 0.717) is 18.5 Å². The monoisotopic (exact) mass is 299 g/mol. The molecule has 1 aromatic carbocycles. The predicted octanol–water partition coefficient (Wildman–Crippen LogP) is 2.86. The molecule has 0 atom stereocenters. The molecule has 0 unspecified atom stereocenters. The van der Waals surface area contributed by atoms with E-state index >= 15 is 0 Å². The third kappa shape index (κ3) is 2.87. The molecule has 6 nitrogen and oxygen atoms in total. The Hall–Kier alpha value is -2.21. The molecule has 0 fully saturated rings. The van der Waals surface area contributed by atoms with Gasteiger partial charge < -0.3 is 9.73 Å². The second kappa shape index (κ2) is 6.70. The summed E-state index contributed by atoms with van der Waals surface area (Å²) >= 11 is 0. The molecular formula is C16H21N5O. The molecule has 22 heavy (non-hydrogen) atoms. The number of aromatic nitrogens is 4. The second-order valence-electron chi connectivity index (χ2n) is 5.32. The summed E-state index contributed by atoms with van der Waals surface area (Å²) in [6, 6.07) is 8.46. The molecule has 0 amide bonds. The molecule has 2 aromatic heterocycles. The highest BCUT2D eigenvalue weighted by atomic mass is 16.4. The van der Waals surface area contributed by atoms with Crippen LogP contribution < -0.4 is 5.32 Å². The van der Waals surface area contributed by atoms with E-state index < -0.39 is 0 Å². The second-order valence-corrected chi connectivity index (χ2v) is 5.32. The van der Waals surface area contributed by atoms with E-state index in [4.69, 9.17) is 4.42 Å². The summed E-state index contributed by atoms with van der Waals surface area (Å²) in [6.45, 7) is 2.82. The number of para-hydroxylation sites is 2. The molecule has 0 saturated carbocycles. The molecule has 3 aromatic rings. The minimum Gasteiger partial charge on any atom is -0.407 e. The van der Waals surface area contributed by atoms with Gasteiger partial charge in [0, 0.05) is 6.42 Å². The number of benzene rings is 1. The van der Waals surface area contributed by atoms with Gasteiger partial charge in [0.15, 0.2) is 0 Å². The van der Waals surface area contributed by atoms with Crippen LogP contribution in [0.3, 0.4) is 0 Å². The first kappa shape index (κ1) is 14.7. The Labute approximate surface area is 129 Å². The van der Waals surface area contributed by atoms with Crippen LogP contribution >= 0.6 is 0 Å². The van der Waals surface area contributed by atoms with Crippen LogP contribution in [0.2, 0.25) is 0 Å². The molecule has 1 N–H and O–H groups in total. The fourth-order valence-electron chi connectivity index (χ4n) is 2.53. The van der Waals surface area contributed by atoms with Gasteiger partial charge in [-0.3, -0.25) is 0 Å². The summed E-state index contributed by atoms with van der Waals surface area (Å²) in [4.78, 5) is 4.64. The van der Waals surface area contributed by atoms with Crippen molar-refractivity contribution in [3.63, 3.8) is 0 Å². The topological polar surface area (TPSA) is 68.8 Å². The largest absolute Gasteiger partial charge is 0.407 e. The molecule has 6 heteroatoms. The van der Waals surface area contributed by atoms with Crippen LogP contribution in [0.15, 0.2) is 28.7 Å². The number of imidazole rings is 1. The first-order valence-corrected chi connectivity index (χ1v) is 7.77. The smallest absolute Gasteiger partial charge is 0.328 e. The van der Waals surface area contributed by atoms with E-state index in [1.807, 2.05) is 35.9 Å². The Kier molecular flexibility index (Phi) is 4.48. The normalized spacial score (nSPS) is 11.4. The molecule has 0 aliphatic heterocycles. The lowest BCUT2D eigenvalue weighted by Gasteiger charge is -2.03. The summed E-state index contributed by atoms with van der Waals surface area (Å²) in [6.07, 6.45) is 4.26. The maximum Gasteiger partial charge on any atom is 0.328 e. The third-order valence-corrected chi connectivity index (χ3v) is 3.61. The van der Waals surface area contributed by atoms with Crippen LogP contribution in [-0.2, 0) is 13.0 Å². The molecule has 0 radical (unpaired) electrons. The van der Waals surface area contributed by atoms with Crippen LogP contribution in [-0.4, -0.2) is 26.8 Å². The van der Waals surface area contributed by atoms with E-state index in [1.165, 1.54) is 12.8 Å². The summed E-state index contributed by atoms with van der Waals surface area (Å²) < 4.78 is 7.78. The molecule has 0 bridgehead atoms. The number of hydrogen-bond donors (Lipinski definition) is 1. The van der Waals surface area contributed by atoms with Gasteiger partial charge in [0.2, 0.25) is 5.89 Å². The Morgan fingerprint density at radius 2 is 2.05 bits per heavy atom. The highest BCUT2D eigenvalue weighted by Crippen LogP contribution is 2.21. The van der Waals surface area contributed by atoms with Gasteiger partial charge >= 0.3 is 6.01 Å². The Morgan fingerprint density at radius 3 is 2.86 bits per heavy atom. The Morgan fingerprint density at radius 1 is 1.18 bits per heavy atom. The fraction of sp³-hybridized carbons (Fsp3) is 0.438. The average Bonchev–Trinajstić information content (AvgIpc) is 3.11. The van der Waals surface area contributed by atoms with Gasteiger partial charge in [0.25, 0.3) is 0 Å². The summed E-state index contributed by atoms with van der Waals surface area (Å²) in [5.41, 5.74) is 1.91. The van der Waals surface area contributed by atoms with E-state index in [0.717, 1.165) is 29.7 Å². The molecule has 0 aliphatic carbocycles. The van der Waals surface area contributed by atoms with Crippen molar-refractivity contribution in [3.8, 4) is 6.01 Å². The van der Waals surface area contributed by atoms with Crippen molar-refractivity contribution in [1.29, 1.82) is 0 Å². The molecule has 2 heterocycles. The first-order chi connectivity index (χ1) is 10.8. The van der Waals surface area contributed by atoms with Crippen LogP contribution in [0.25, 0.3) is 17.0 Å². The number of hydrogen-bond acceptors (Lipinski definition) is 5. The fourth-order valence-corrected chi connectivity index (χ4v) is 2.53. The summed E-state index contributed by atoms with van der Waals surface area (Å²) in [5, 5.41) is 11.5. The quantitative estimate of drug-likeness (QED) is 0.679. The lowest BCUT2D eigenvalue weighted by atomic mass is 10.2. The van der Waals surface area contributed by atoms with Gasteiger partial charge in [0.1, 0.15) is 5.82 Å². The summed E-state index contributed by atoms with van der Waals surface area (Å²) in [7, 11) is 1.90. The zero-order chi connectivity index (χ0) is 15.4. The van der Waals surface area contributed by atoms with E-state index in [2.05, 4.69) is 27.4 Å². The standard InChI is InChI=1S/C16H21N5O/c1-3-4-5-10-15-19-20-16(22-15)21-13-9-7-6-8-12(13)18-14(21)11-17-2/h6-9,17H,3-5,10-11H2,1-2H3. The van der Waals surface area contributed by atoms with Gasteiger partial charge in [-0.1, -0.05) is 37.0 Å². The number of rotatable bonds is 7. The SMILES string of the molecule is CCCCCc1nnc(-n2c(CNC)nc3ccccc32)o1. The van der Waals surface area contributed by atoms with Crippen molar-refractivity contribution in [2.24, 2.45) is 0 Å². The number of aryl methyl sites for hydroxylation is 1. The third-order valence-electron chi connectivity index (χ3n) is 3.61. The van der Waals surface area contributed by atoms with E-state index in [9.17, 15) is 0 Å². The van der Waals surface area contributed by atoms with Gasteiger partial charge in [0.05, 0.1) is 17.6 Å². The lowest BCUT2D eigenvalue weighted by Crippen LogP contribution is -2.11. The van der Waals surface area contributed by atoms with E-state index in [-0.39, 0.29) is 0 Å². The zero-order valence-corrected chi connectivity index (χ0v) is 13.0. The molecule has 116 valence electrons. The molecule has 0 aliphatic rings. The minimum atomic E-state index is 0.491. The number of fused-ring (bicyclic) bond motifs is 1. The van der Waals surface area contributed by atoms with Crippen LogP contribution in [0.5, 0.6) is 0 Å². The Bertz CT molecular complexity index is 746. The number of unbranched alkanes of at least 4 members (excludes halogenated alkanes) is 2. The highest BCUT2D eigenvalue weighted by Gasteiger charge is 2.16. The highest BCUT2D eigenvalue weighted by molar-refractivity contribution is 5.77. The Balaban J connectivity index is 1.96. The maximum absolute atomic E-state index is 5.84. The number of nitrogens with zero attached hydrogens (tertiary/aromatic N) is 4. The van der Waals surface area contributed by atoms with Crippen molar-refractivity contribution in [2.75, 3.05) is 7.05 Å². The van der Waals surface area contributed by atoms with Gasteiger partial charge in [-0.05, 0) is 25.6 Å². The van der Waals surface area contributed by atoms with Crippen molar-refractivity contribution >= 4 is 11.0 Å². The van der Waals surface area contributed by atoms with Crippen LogP contribution in [0.4, 0.5) is 0 Å². The molecule has 0 saturated heterocycles. The number of nitrogens with one attached hydrogen (secondary N) is 1. The zero-order valence-electron chi connectivity index (χ0n) is 13.0. The molecular weight excluding hydrogens is 278 g/mol. The molecule has 0 spiro atoms. The first-order valence-electron chi connectivity index (χ1n) is 7.77. The van der Waals surface area contributed by atoms with Gasteiger partial charge in [-0.25, -0.2) is 9.55 Å². The lowest BCUT2D eigenvalue weighted by molar-refractivity contribution is 0.463. The van der Waals surface area contributed by atoms with Crippen molar-refractivity contribution in [2.45, 2.75) is 39.2 Å². The van der Waals surface area contributed by atoms with Gasteiger partial charge in [-0.15, -0.1) is 5.10 Å². The average molecular weight is 299 g/mol. The van der Waals surface area contributed by atoms with E-state index in [1.54, 1.807) is 0 Å². The summed E-state index contributed by atoms with van der Waals surface area (Å²) in [5.74, 6) is 1.56. The van der Waals surface area contributed by atoms with Crippen LogP contribution in [0, 0.1) is 0 Å². The maximum atomic E-state index is 5.84. The predicted molar refractivity (Wildman–Crippen MR) is 84.9 cm³/mol. The van der Waals surface area contributed by atoms with Gasteiger partial charge in [-0.2, -0.15) is 0 Å². The van der Waals surface area contributed by atoms with Crippen molar-refractivity contribution in [1.82, 2.24) is 25.1 Å². The van der Waals surface area contributed by atoms with Crippen LogP contribution in [0.1, 0.15) is 37.9 Å².